The van der Waals surface area contributed by atoms with Gasteiger partial charge in [0.25, 0.3) is 0 Å². The summed E-state index contributed by atoms with van der Waals surface area (Å²) in [6, 6.07) is 0.301. The monoisotopic (exact) mass is 239 g/mol. The largest absolute Gasteiger partial charge is 0.379 e. The molecule has 1 saturated heterocycles. The lowest BCUT2D eigenvalue weighted by molar-refractivity contribution is 0.184. The fourth-order valence-electron chi connectivity index (χ4n) is 1.96. The Morgan fingerprint density at radius 1 is 1.41 bits per heavy atom. The van der Waals surface area contributed by atoms with Gasteiger partial charge in [-0.1, -0.05) is 25.9 Å². The van der Waals surface area contributed by atoms with Gasteiger partial charge in [-0.15, -0.1) is 0 Å². The highest BCUT2D eigenvalue weighted by atomic mass is 16.5. The first-order valence-corrected chi connectivity index (χ1v) is 6.37. The molecule has 0 amide bonds. The first kappa shape index (κ1) is 12.5. The second kappa shape index (κ2) is 5.60. The molecule has 1 aliphatic heterocycles. The zero-order valence-corrected chi connectivity index (χ0v) is 10.8. The Hall–Kier alpha value is -0.940. The third-order valence-electron chi connectivity index (χ3n) is 3.03. The van der Waals surface area contributed by atoms with E-state index >= 15 is 0 Å². The molecule has 0 bridgehead atoms. The predicted octanol–water partition coefficient (Wildman–Crippen LogP) is 1.67. The van der Waals surface area contributed by atoms with Crippen LogP contribution in [0.3, 0.4) is 0 Å². The average Bonchev–Trinajstić information content (AvgIpc) is 2.94. The van der Waals surface area contributed by atoms with Crippen LogP contribution in [0.5, 0.6) is 0 Å². The van der Waals surface area contributed by atoms with Gasteiger partial charge in [-0.3, -0.25) is 0 Å². The van der Waals surface area contributed by atoms with Crippen LogP contribution < -0.4 is 5.32 Å². The molecule has 2 unspecified atom stereocenters. The van der Waals surface area contributed by atoms with E-state index < -0.39 is 0 Å². The van der Waals surface area contributed by atoms with Gasteiger partial charge in [-0.2, -0.15) is 4.98 Å². The number of aromatic nitrogens is 2. The minimum absolute atomic E-state index is 0.196. The summed E-state index contributed by atoms with van der Waals surface area (Å²) < 4.78 is 10.8. The lowest BCUT2D eigenvalue weighted by Gasteiger charge is -2.15. The Labute approximate surface area is 102 Å². The number of nitrogens with zero attached hydrogens (tertiary/aromatic N) is 2. The summed E-state index contributed by atoms with van der Waals surface area (Å²) in [5, 5.41) is 7.47. The predicted molar refractivity (Wildman–Crippen MR) is 64.0 cm³/mol. The van der Waals surface area contributed by atoms with Crippen LogP contribution >= 0.6 is 0 Å². The molecule has 17 heavy (non-hydrogen) atoms. The maximum absolute atomic E-state index is 5.50. The standard InChI is InChI=1S/C12H21N3O2/c1-4-5-13-10-7-16-6-9(10)12-14-11(8(2)3)15-17-12/h8-10,13H,4-7H2,1-3H3. The summed E-state index contributed by atoms with van der Waals surface area (Å²) in [6.45, 7) is 8.67. The smallest absolute Gasteiger partial charge is 0.233 e. The highest BCUT2D eigenvalue weighted by molar-refractivity contribution is 5.03. The normalized spacial score (nSPS) is 24.7. The quantitative estimate of drug-likeness (QED) is 0.847. The minimum atomic E-state index is 0.196. The van der Waals surface area contributed by atoms with Crippen LogP contribution in [0.15, 0.2) is 4.52 Å². The molecule has 2 heterocycles. The van der Waals surface area contributed by atoms with Gasteiger partial charge in [-0.25, -0.2) is 0 Å². The molecule has 5 heteroatoms. The van der Waals surface area contributed by atoms with Gasteiger partial charge in [0.2, 0.25) is 5.89 Å². The molecule has 2 rings (SSSR count). The van der Waals surface area contributed by atoms with E-state index in [-0.39, 0.29) is 5.92 Å². The van der Waals surface area contributed by atoms with E-state index in [1.54, 1.807) is 0 Å². The molecule has 1 aliphatic rings. The van der Waals surface area contributed by atoms with E-state index in [0.717, 1.165) is 25.4 Å². The topological polar surface area (TPSA) is 60.2 Å². The fraction of sp³-hybridized carbons (Fsp3) is 0.833. The summed E-state index contributed by atoms with van der Waals surface area (Å²) in [6.07, 6.45) is 1.12. The van der Waals surface area contributed by atoms with Crippen molar-refractivity contribution in [3.63, 3.8) is 0 Å². The van der Waals surface area contributed by atoms with E-state index in [2.05, 4.69) is 36.2 Å². The number of rotatable bonds is 5. The molecule has 2 atom stereocenters. The summed E-state index contributed by atoms with van der Waals surface area (Å²) in [7, 11) is 0. The zero-order chi connectivity index (χ0) is 12.3. The Balaban J connectivity index is 2.03. The van der Waals surface area contributed by atoms with Gasteiger partial charge in [0, 0.05) is 12.0 Å². The van der Waals surface area contributed by atoms with Crippen molar-refractivity contribution in [2.45, 2.75) is 45.1 Å². The van der Waals surface area contributed by atoms with E-state index in [9.17, 15) is 0 Å². The third kappa shape index (κ3) is 2.84. The van der Waals surface area contributed by atoms with Crippen molar-refractivity contribution in [3.05, 3.63) is 11.7 Å². The Morgan fingerprint density at radius 3 is 2.88 bits per heavy atom. The Bertz CT molecular complexity index is 351. The average molecular weight is 239 g/mol. The lowest BCUT2D eigenvalue weighted by atomic mass is 10.0. The van der Waals surface area contributed by atoms with E-state index in [1.807, 2.05) is 0 Å². The van der Waals surface area contributed by atoms with Gasteiger partial charge >= 0.3 is 0 Å². The highest BCUT2D eigenvalue weighted by Crippen LogP contribution is 2.25. The van der Waals surface area contributed by atoms with Gasteiger partial charge < -0.3 is 14.6 Å². The van der Waals surface area contributed by atoms with Crippen molar-refractivity contribution < 1.29 is 9.26 Å². The summed E-state index contributed by atoms with van der Waals surface area (Å²) in [4.78, 5) is 4.45. The van der Waals surface area contributed by atoms with Crippen molar-refractivity contribution in [1.82, 2.24) is 15.5 Å². The van der Waals surface area contributed by atoms with Crippen LogP contribution in [0, 0.1) is 0 Å². The molecule has 0 radical (unpaired) electrons. The first-order chi connectivity index (χ1) is 8.22. The molecule has 1 aromatic rings. The highest BCUT2D eigenvalue weighted by Gasteiger charge is 2.33. The summed E-state index contributed by atoms with van der Waals surface area (Å²) in [5.41, 5.74) is 0. The second-order valence-electron chi connectivity index (χ2n) is 4.85. The molecule has 0 aromatic carbocycles. The van der Waals surface area contributed by atoms with E-state index in [1.165, 1.54) is 0 Å². The number of hydrogen-bond acceptors (Lipinski definition) is 5. The molecule has 0 spiro atoms. The number of nitrogens with one attached hydrogen (secondary N) is 1. The lowest BCUT2D eigenvalue weighted by Crippen LogP contribution is -2.35. The Kier molecular flexibility index (Phi) is 4.12. The van der Waals surface area contributed by atoms with Crippen molar-refractivity contribution in [2.75, 3.05) is 19.8 Å². The van der Waals surface area contributed by atoms with Gasteiger partial charge in [0.1, 0.15) is 0 Å². The third-order valence-corrected chi connectivity index (χ3v) is 3.03. The van der Waals surface area contributed by atoms with Crippen molar-refractivity contribution in [1.29, 1.82) is 0 Å². The van der Waals surface area contributed by atoms with Crippen LogP contribution in [0.25, 0.3) is 0 Å². The molecule has 5 nitrogen and oxygen atoms in total. The maximum atomic E-state index is 5.50. The van der Waals surface area contributed by atoms with Crippen molar-refractivity contribution in [3.8, 4) is 0 Å². The molecule has 1 aromatic heterocycles. The molecular weight excluding hydrogens is 218 g/mol. The van der Waals surface area contributed by atoms with Crippen LogP contribution in [-0.2, 0) is 4.74 Å². The molecular formula is C12H21N3O2. The summed E-state index contributed by atoms with van der Waals surface area (Å²) in [5.74, 6) is 1.99. The molecule has 0 saturated carbocycles. The van der Waals surface area contributed by atoms with Crippen molar-refractivity contribution in [2.24, 2.45) is 0 Å². The second-order valence-corrected chi connectivity index (χ2v) is 4.85. The van der Waals surface area contributed by atoms with E-state index in [0.29, 0.717) is 24.5 Å². The number of ether oxygens (including phenoxy) is 1. The summed E-state index contributed by atoms with van der Waals surface area (Å²) >= 11 is 0. The van der Waals surface area contributed by atoms with Crippen LogP contribution in [0.1, 0.15) is 50.7 Å². The van der Waals surface area contributed by atoms with Crippen molar-refractivity contribution >= 4 is 0 Å². The van der Waals surface area contributed by atoms with Crippen LogP contribution in [0.4, 0.5) is 0 Å². The van der Waals surface area contributed by atoms with E-state index in [4.69, 9.17) is 9.26 Å². The first-order valence-electron chi connectivity index (χ1n) is 6.37. The maximum Gasteiger partial charge on any atom is 0.233 e. The number of hydrogen-bond donors (Lipinski definition) is 1. The van der Waals surface area contributed by atoms with Gasteiger partial charge in [-0.05, 0) is 13.0 Å². The molecule has 96 valence electrons. The molecule has 0 aliphatic carbocycles. The van der Waals surface area contributed by atoms with Crippen LogP contribution in [-0.4, -0.2) is 35.9 Å². The molecule has 1 N–H and O–H groups in total. The van der Waals surface area contributed by atoms with Crippen LogP contribution in [0.2, 0.25) is 0 Å². The Morgan fingerprint density at radius 2 is 2.24 bits per heavy atom. The SMILES string of the molecule is CCCNC1COCC1c1nc(C(C)C)no1. The fourth-order valence-corrected chi connectivity index (χ4v) is 1.96. The minimum Gasteiger partial charge on any atom is -0.379 e. The van der Waals surface area contributed by atoms with Gasteiger partial charge in [0.05, 0.1) is 19.1 Å². The zero-order valence-electron chi connectivity index (χ0n) is 10.8. The molecule has 1 fully saturated rings. The van der Waals surface area contributed by atoms with Gasteiger partial charge in [0.15, 0.2) is 5.82 Å².